The van der Waals surface area contributed by atoms with Crippen LogP contribution in [-0.2, 0) is 10.9 Å². The molecule has 0 saturated carbocycles. The maximum absolute atomic E-state index is 14.4. The van der Waals surface area contributed by atoms with Gasteiger partial charge in [0.1, 0.15) is 11.5 Å². The number of likely N-dealkylation sites (N-methyl/N-ethyl adjacent to an activating group) is 1. The number of benzene rings is 3. The van der Waals surface area contributed by atoms with Gasteiger partial charge in [-0.25, -0.2) is 9.59 Å². The Kier molecular flexibility index (Phi) is 14.3. The first-order chi connectivity index (χ1) is 25.2. The fourth-order valence-corrected chi connectivity index (χ4v) is 5.74. The van der Waals surface area contributed by atoms with E-state index in [9.17, 15) is 32.7 Å². The number of carbonyl (C=O) groups excluding carboxylic acids is 3. The summed E-state index contributed by atoms with van der Waals surface area (Å²) in [4.78, 5) is 43.4. The number of hydrogen-bond donors (Lipinski definition) is 4. The third kappa shape index (κ3) is 11.7. The number of nitrogens with one attached hydrogen (secondary N) is 3. The van der Waals surface area contributed by atoms with E-state index >= 15 is 0 Å². The molecule has 1 heterocycles. The fourth-order valence-electron chi connectivity index (χ4n) is 5.74. The quantitative estimate of drug-likeness (QED) is 0.190. The van der Waals surface area contributed by atoms with E-state index < -0.39 is 35.8 Å². The Morgan fingerprint density at radius 2 is 1.60 bits per heavy atom. The predicted molar refractivity (Wildman–Crippen MR) is 196 cm³/mol. The van der Waals surface area contributed by atoms with E-state index in [1.54, 1.807) is 57.5 Å². The lowest BCUT2D eigenvalue weighted by Crippen LogP contribution is -2.48. The van der Waals surface area contributed by atoms with Gasteiger partial charge in [0.15, 0.2) is 0 Å². The van der Waals surface area contributed by atoms with E-state index in [4.69, 9.17) is 14.2 Å². The monoisotopic (exact) mass is 743 g/mol. The lowest BCUT2D eigenvalue weighted by molar-refractivity contribution is -0.137. The van der Waals surface area contributed by atoms with Crippen LogP contribution in [0.5, 0.6) is 11.5 Å². The Labute approximate surface area is 307 Å². The summed E-state index contributed by atoms with van der Waals surface area (Å²) in [5.74, 6) is 0.187. The molecule has 4 atom stereocenters. The molecule has 12 nitrogen and oxygen atoms in total. The fraction of sp³-hybridized carbons (Fsp3) is 0.447. The van der Waals surface area contributed by atoms with E-state index in [2.05, 4.69) is 16.0 Å². The molecule has 0 spiro atoms. The summed E-state index contributed by atoms with van der Waals surface area (Å²) in [6.07, 6.45) is -3.10. The van der Waals surface area contributed by atoms with Crippen LogP contribution < -0.4 is 25.4 Å². The molecule has 0 fully saturated rings. The van der Waals surface area contributed by atoms with Crippen LogP contribution in [-0.4, -0.2) is 91.6 Å². The van der Waals surface area contributed by atoms with Crippen molar-refractivity contribution < 1.29 is 46.9 Å². The van der Waals surface area contributed by atoms with Crippen molar-refractivity contribution >= 4 is 35.0 Å². The number of fused-ring (bicyclic) bond motifs is 1. The summed E-state index contributed by atoms with van der Waals surface area (Å²) >= 11 is 0. The number of rotatable bonds is 8. The van der Waals surface area contributed by atoms with E-state index in [1.165, 1.54) is 15.9 Å². The highest BCUT2D eigenvalue weighted by Gasteiger charge is 2.32. The first kappa shape index (κ1) is 40.7. The number of carbonyl (C=O) groups is 3. The number of aliphatic hydroxyl groups is 1. The number of alkyl halides is 3. The van der Waals surface area contributed by atoms with Crippen LogP contribution in [0.4, 0.5) is 39.8 Å². The number of nitrogens with zero attached hydrogens (tertiary/aromatic N) is 2. The van der Waals surface area contributed by atoms with Gasteiger partial charge >= 0.3 is 18.2 Å². The topological polar surface area (TPSA) is 142 Å². The highest BCUT2D eigenvalue weighted by atomic mass is 19.4. The minimum atomic E-state index is -4.51. The van der Waals surface area contributed by atoms with Gasteiger partial charge in [-0.2, -0.15) is 13.2 Å². The second-order valence-electron chi connectivity index (χ2n) is 13.2. The van der Waals surface area contributed by atoms with Gasteiger partial charge in [0.2, 0.25) is 0 Å². The first-order valence-corrected chi connectivity index (χ1v) is 17.4. The molecule has 0 radical (unpaired) electrons. The van der Waals surface area contributed by atoms with Crippen molar-refractivity contribution in [1.82, 2.24) is 9.80 Å². The molecule has 0 unspecified atom stereocenters. The predicted octanol–water partition coefficient (Wildman–Crippen LogP) is 7.32. The zero-order valence-corrected chi connectivity index (χ0v) is 30.5. The summed E-state index contributed by atoms with van der Waals surface area (Å²) in [5, 5.41) is 18.2. The molecule has 4 rings (SSSR count). The van der Waals surface area contributed by atoms with Gasteiger partial charge in [-0.1, -0.05) is 6.92 Å². The molecule has 4 N–H and O–H groups in total. The molecule has 5 amide bonds. The Hall–Kier alpha value is -5.02. The van der Waals surface area contributed by atoms with E-state index in [1.807, 2.05) is 13.8 Å². The molecule has 1 aliphatic heterocycles. The van der Waals surface area contributed by atoms with Gasteiger partial charge in [0.25, 0.3) is 5.91 Å². The maximum atomic E-state index is 14.4. The molecular weight excluding hydrogens is 695 g/mol. The maximum Gasteiger partial charge on any atom is 0.416 e. The van der Waals surface area contributed by atoms with Crippen molar-refractivity contribution in [1.29, 1.82) is 0 Å². The average molecular weight is 744 g/mol. The van der Waals surface area contributed by atoms with Gasteiger partial charge in [0.05, 0.1) is 43.1 Å². The summed E-state index contributed by atoms with van der Waals surface area (Å²) < 4.78 is 56.7. The van der Waals surface area contributed by atoms with Crippen LogP contribution in [0.2, 0.25) is 0 Å². The summed E-state index contributed by atoms with van der Waals surface area (Å²) in [7, 11) is 3.22. The summed E-state index contributed by atoms with van der Waals surface area (Å²) in [5.41, 5.74) is 0.256. The lowest BCUT2D eigenvalue weighted by atomic mass is 10.0. The van der Waals surface area contributed by atoms with Gasteiger partial charge in [-0.3, -0.25) is 4.79 Å². The van der Waals surface area contributed by atoms with E-state index in [0.29, 0.717) is 30.2 Å². The van der Waals surface area contributed by atoms with Gasteiger partial charge in [-0.15, -0.1) is 0 Å². The summed E-state index contributed by atoms with van der Waals surface area (Å²) in [6.45, 7) is 5.98. The van der Waals surface area contributed by atoms with Crippen molar-refractivity contribution in [2.24, 2.45) is 5.92 Å². The molecule has 15 heteroatoms. The van der Waals surface area contributed by atoms with Crippen molar-refractivity contribution in [3.63, 3.8) is 0 Å². The molecular formula is C38H48F3N5O7. The van der Waals surface area contributed by atoms with Crippen LogP contribution in [0.3, 0.4) is 0 Å². The number of urea groups is 2. The molecule has 0 aliphatic carbocycles. The molecule has 1 aliphatic rings. The molecule has 3 aromatic rings. The van der Waals surface area contributed by atoms with E-state index in [0.717, 1.165) is 37.1 Å². The highest BCUT2D eigenvalue weighted by molar-refractivity contribution is 6.02. The minimum Gasteiger partial charge on any atom is -0.497 e. The number of methoxy groups -OCH3 is 1. The Morgan fingerprint density at radius 3 is 2.25 bits per heavy atom. The van der Waals surface area contributed by atoms with Crippen LogP contribution in [0.15, 0.2) is 66.7 Å². The SMILES string of the molecule is COc1ccc(NC(=O)N(C)C[C@H]2OCCCC[C@@H](C)Oc3ccc(NC(=O)Nc4ccc(C(F)(F)F)cc4)cc3C(=O)N([C@@H](C)CO)C[C@H]2C)cc1. The number of ether oxygens (including phenoxy) is 3. The van der Waals surface area contributed by atoms with Crippen LogP contribution >= 0.6 is 0 Å². The van der Waals surface area contributed by atoms with Crippen LogP contribution in [0.1, 0.15) is 56.0 Å². The lowest BCUT2D eigenvalue weighted by Gasteiger charge is -2.35. The largest absolute Gasteiger partial charge is 0.497 e. The van der Waals surface area contributed by atoms with Gasteiger partial charge in [-0.05, 0) is 99.8 Å². The normalized spacial score (nSPS) is 19.2. The second kappa shape index (κ2) is 18.6. The second-order valence-corrected chi connectivity index (χ2v) is 13.2. The third-order valence-electron chi connectivity index (χ3n) is 8.92. The van der Waals surface area contributed by atoms with Crippen molar-refractivity contribution in [2.45, 2.75) is 64.5 Å². The van der Waals surface area contributed by atoms with Crippen molar-refractivity contribution in [2.75, 3.05) is 56.4 Å². The number of halogens is 3. The number of anilines is 3. The first-order valence-electron chi connectivity index (χ1n) is 17.4. The third-order valence-corrected chi connectivity index (χ3v) is 8.92. The minimum absolute atomic E-state index is 0.139. The smallest absolute Gasteiger partial charge is 0.416 e. The Balaban J connectivity index is 1.55. The van der Waals surface area contributed by atoms with Crippen molar-refractivity contribution in [3.05, 3.63) is 77.9 Å². The zero-order chi connectivity index (χ0) is 38.7. The number of aliphatic hydroxyl groups excluding tert-OH is 1. The Bertz CT molecular complexity index is 1670. The molecule has 288 valence electrons. The van der Waals surface area contributed by atoms with E-state index in [-0.39, 0.29) is 54.7 Å². The summed E-state index contributed by atoms with van der Waals surface area (Å²) in [6, 6.07) is 13.9. The molecule has 0 saturated heterocycles. The molecule has 0 bridgehead atoms. The highest BCUT2D eigenvalue weighted by Crippen LogP contribution is 2.31. The van der Waals surface area contributed by atoms with Gasteiger partial charge in [0, 0.05) is 49.7 Å². The number of hydrogen-bond acceptors (Lipinski definition) is 7. The average Bonchev–Trinajstić information content (AvgIpc) is 3.12. The zero-order valence-electron chi connectivity index (χ0n) is 30.5. The standard InChI is InChI=1S/C38H48F3N5O7/c1-24-21-46(25(2)23-47)35(48)32-20-30(43-36(49)42-28-11-9-27(10-12-28)38(39,40)41)15-18-33(32)53-26(3)8-6-7-19-52-34(24)22-45(4)37(50)44-29-13-16-31(51-5)17-14-29/h9-18,20,24-26,34,47H,6-8,19,21-23H2,1-5H3,(H,44,50)(H2,42,43,49)/t24-,25+,26-,34-/m1/s1. The van der Waals surface area contributed by atoms with Gasteiger partial charge < -0.3 is 45.1 Å². The van der Waals surface area contributed by atoms with Crippen molar-refractivity contribution in [3.8, 4) is 11.5 Å². The molecule has 53 heavy (non-hydrogen) atoms. The Morgan fingerprint density at radius 1 is 0.981 bits per heavy atom. The van der Waals surface area contributed by atoms with Crippen LogP contribution in [0, 0.1) is 5.92 Å². The van der Waals surface area contributed by atoms with Crippen LogP contribution in [0.25, 0.3) is 0 Å². The molecule has 0 aromatic heterocycles. The molecule has 3 aromatic carbocycles. The number of amides is 5.